The Kier molecular flexibility index (Phi) is 5.30. The third-order valence-corrected chi connectivity index (χ3v) is 3.98. The standard InChI is InChI=1S/C20H18N4O2/c1-26-17-8-6-15(7-9-17)12-20(25)23-22-13-16-14-24(11-10-21)19-5-3-2-4-18(16)19/h2-9,13-14H,11-12H2,1H3,(H,23,25)/b22-13+. The minimum Gasteiger partial charge on any atom is -0.497 e. The molecule has 0 spiro atoms. The summed E-state index contributed by atoms with van der Waals surface area (Å²) in [4.78, 5) is 12.0. The van der Waals surface area contributed by atoms with Crippen molar-refractivity contribution < 1.29 is 9.53 Å². The summed E-state index contributed by atoms with van der Waals surface area (Å²) in [5.74, 6) is 0.549. The van der Waals surface area contributed by atoms with Gasteiger partial charge in [0.15, 0.2) is 0 Å². The van der Waals surface area contributed by atoms with Crippen LogP contribution in [-0.2, 0) is 17.8 Å². The summed E-state index contributed by atoms with van der Waals surface area (Å²) in [6.07, 6.45) is 3.69. The monoisotopic (exact) mass is 346 g/mol. The van der Waals surface area contributed by atoms with Gasteiger partial charge in [0.2, 0.25) is 5.91 Å². The van der Waals surface area contributed by atoms with Gasteiger partial charge in [-0.1, -0.05) is 30.3 Å². The number of aromatic nitrogens is 1. The summed E-state index contributed by atoms with van der Waals surface area (Å²) >= 11 is 0. The number of carbonyl (C=O) groups is 1. The van der Waals surface area contributed by atoms with Gasteiger partial charge in [-0.3, -0.25) is 4.79 Å². The Hall–Kier alpha value is -3.59. The fraction of sp³-hybridized carbons (Fsp3) is 0.150. The zero-order chi connectivity index (χ0) is 18.4. The summed E-state index contributed by atoms with van der Waals surface area (Å²) in [6.45, 7) is 0.262. The van der Waals surface area contributed by atoms with Crippen LogP contribution in [-0.4, -0.2) is 23.8 Å². The SMILES string of the molecule is COc1ccc(CC(=O)N/N=C/c2cn(CC#N)c3ccccc23)cc1. The first-order valence-electron chi connectivity index (χ1n) is 8.11. The number of hydrazone groups is 1. The number of fused-ring (bicyclic) bond motifs is 1. The molecule has 1 N–H and O–H groups in total. The molecule has 3 aromatic rings. The van der Waals surface area contributed by atoms with Gasteiger partial charge in [0, 0.05) is 22.7 Å². The quantitative estimate of drug-likeness (QED) is 0.550. The molecule has 6 heteroatoms. The van der Waals surface area contributed by atoms with Crippen molar-refractivity contribution in [3.05, 3.63) is 65.9 Å². The highest BCUT2D eigenvalue weighted by Crippen LogP contribution is 2.19. The number of methoxy groups -OCH3 is 1. The Balaban J connectivity index is 1.67. The fourth-order valence-corrected chi connectivity index (χ4v) is 2.73. The molecule has 0 saturated heterocycles. The van der Waals surface area contributed by atoms with Crippen molar-refractivity contribution in [1.82, 2.24) is 9.99 Å². The lowest BCUT2D eigenvalue weighted by atomic mass is 10.1. The second kappa shape index (κ2) is 7.99. The second-order valence-electron chi connectivity index (χ2n) is 5.71. The van der Waals surface area contributed by atoms with Crippen LogP contribution in [0.5, 0.6) is 5.75 Å². The summed E-state index contributed by atoms with van der Waals surface area (Å²) < 4.78 is 6.95. The summed E-state index contributed by atoms with van der Waals surface area (Å²) in [5.41, 5.74) is 5.22. The molecule has 0 aliphatic heterocycles. The fourth-order valence-electron chi connectivity index (χ4n) is 2.73. The van der Waals surface area contributed by atoms with Gasteiger partial charge < -0.3 is 9.30 Å². The molecule has 0 bridgehead atoms. The predicted octanol–water partition coefficient (Wildman–Crippen LogP) is 2.87. The maximum absolute atomic E-state index is 12.0. The molecule has 0 unspecified atom stereocenters. The largest absolute Gasteiger partial charge is 0.497 e. The van der Waals surface area contributed by atoms with Crippen molar-refractivity contribution in [3.8, 4) is 11.8 Å². The van der Waals surface area contributed by atoms with E-state index in [1.165, 1.54) is 0 Å². The summed E-state index contributed by atoms with van der Waals surface area (Å²) in [7, 11) is 1.60. The number of ether oxygens (including phenoxy) is 1. The number of carbonyl (C=O) groups excluding carboxylic acids is 1. The van der Waals surface area contributed by atoms with Crippen molar-refractivity contribution in [2.45, 2.75) is 13.0 Å². The molecule has 0 saturated carbocycles. The third-order valence-electron chi connectivity index (χ3n) is 3.98. The lowest BCUT2D eigenvalue weighted by Crippen LogP contribution is -2.19. The topological polar surface area (TPSA) is 79.4 Å². The average Bonchev–Trinajstić information content (AvgIpc) is 3.01. The second-order valence-corrected chi connectivity index (χ2v) is 5.71. The van der Waals surface area contributed by atoms with E-state index in [2.05, 4.69) is 16.6 Å². The van der Waals surface area contributed by atoms with Crippen LogP contribution in [0.4, 0.5) is 0 Å². The van der Waals surface area contributed by atoms with Crippen LogP contribution in [0, 0.1) is 11.3 Å². The molecule has 1 amide bonds. The normalized spacial score (nSPS) is 10.8. The van der Waals surface area contributed by atoms with E-state index in [0.717, 1.165) is 27.8 Å². The van der Waals surface area contributed by atoms with Crippen LogP contribution in [0.1, 0.15) is 11.1 Å². The van der Waals surface area contributed by atoms with Gasteiger partial charge in [-0.25, -0.2) is 5.43 Å². The molecule has 0 aliphatic rings. The minimum absolute atomic E-state index is 0.202. The number of para-hydroxylation sites is 1. The smallest absolute Gasteiger partial charge is 0.244 e. The maximum atomic E-state index is 12.0. The first-order chi connectivity index (χ1) is 12.7. The van der Waals surface area contributed by atoms with Gasteiger partial charge in [-0.2, -0.15) is 10.4 Å². The molecular formula is C20H18N4O2. The van der Waals surface area contributed by atoms with Crippen LogP contribution in [0.15, 0.2) is 59.8 Å². The van der Waals surface area contributed by atoms with Gasteiger partial charge in [0.05, 0.1) is 25.8 Å². The van der Waals surface area contributed by atoms with E-state index < -0.39 is 0 Å². The highest BCUT2D eigenvalue weighted by Gasteiger charge is 2.06. The number of amides is 1. The van der Waals surface area contributed by atoms with Crippen LogP contribution >= 0.6 is 0 Å². The molecule has 0 radical (unpaired) electrons. The molecule has 2 aromatic carbocycles. The Labute approximate surface area is 151 Å². The molecule has 0 atom stereocenters. The van der Waals surface area contributed by atoms with E-state index in [4.69, 9.17) is 10.00 Å². The average molecular weight is 346 g/mol. The van der Waals surface area contributed by atoms with Gasteiger partial charge in [-0.05, 0) is 23.8 Å². The van der Waals surface area contributed by atoms with Crippen LogP contribution in [0.2, 0.25) is 0 Å². The zero-order valence-corrected chi connectivity index (χ0v) is 14.3. The lowest BCUT2D eigenvalue weighted by Gasteiger charge is -2.02. The van der Waals surface area contributed by atoms with E-state index >= 15 is 0 Å². The molecule has 26 heavy (non-hydrogen) atoms. The van der Waals surface area contributed by atoms with Crippen molar-refractivity contribution in [3.63, 3.8) is 0 Å². The van der Waals surface area contributed by atoms with Crippen molar-refractivity contribution in [1.29, 1.82) is 5.26 Å². The molecule has 130 valence electrons. The van der Waals surface area contributed by atoms with Gasteiger partial charge >= 0.3 is 0 Å². The Morgan fingerprint density at radius 3 is 2.77 bits per heavy atom. The number of nitrogens with zero attached hydrogens (tertiary/aromatic N) is 3. The first kappa shape index (κ1) is 17.2. The van der Waals surface area contributed by atoms with Crippen LogP contribution in [0.3, 0.4) is 0 Å². The minimum atomic E-state index is -0.202. The predicted molar refractivity (Wildman–Crippen MR) is 100.0 cm³/mol. The van der Waals surface area contributed by atoms with Crippen LogP contribution in [0.25, 0.3) is 10.9 Å². The zero-order valence-electron chi connectivity index (χ0n) is 14.3. The number of rotatable bonds is 6. The Bertz CT molecular complexity index is 981. The number of benzene rings is 2. The summed E-state index contributed by atoms with van der Waals surface area (Å²) in [5, 5.41) is 14.0. The van der Waals surface area contributed by atoms with Crippen molar-refractivity contribution in [2.24, 2.45) is 5.10 Å². The molecule has 1 heterocycles. The Morgan fingerprint density at radius 2 is 2.04 bits per heavy atom. The number of hydrogen-bond acceptors (Lipinski definition) is 4. The molecule has 3 rings (SSSR count). The molecule has 0 fully saturated rings. The van der Waals surface area contributed by atoms with E-state index in [-0.39, 0.29) is 18.9 Å². The van der Waals surface area contributed by atoms with Gasteiger partial charge in [-0.15, -0.1) is 0 Å². The van der Waals surface area contributed by atoms with E-state index in [1.54, 1.807) is 13.3 Å². The first-order valence-corrected chi connectivity index (χ1v) is 8.11. The summed E-state index contributed by atoms with van der Waals surface area (Å²) in [6, 6.07) is 17.2. The highest BCUT2D eigenvalue weighted by atomic mass is 16.5. The van der Waals surface area contributed by atoms with Crippen molar-refractivity contribution in [2.75, 3.05) is 7.11 Å². The molecule has 6 nitrogen and oxygen atoms in total. The number of hydrogen-bond donors (Lipinski definition) is 1. The van der Waals surface area contributed by atoms with E-state index in [1.807, 2.05) is 59.3 Å². The van der Waals surface area contributed by atoms with E-state index in [9.17, 15) is 4.79 Å². The number of nitrogens with one attached hydrogen (secondary N) is 1. The van der Waals surface area contributed by atoms with Crippen molar-refractivity contribution >= 4 is 23.0 Å². The van der Waals surface area contributed by atoms with Crippen LogP contribution < -0.4 is 10.2 Å². The lowest BCUT2D eigenvalue weighted by molar-refractivity contribution is -0.120. The number of nitriles is 1. The molecule has 1 aromatic heterocycles. The van der Waals surface area contributed by atoms with Gasteiger partial charge in [0.25, 0.3) is 0 Å². The highest BCUT2D eigenvalue weighted by molar-refractivity contribution is 5.99. The Morgan fingerprint density at radius 1 is 1.27 bits per heavy atom. The maximum Gasteiger partial charge on any atom is 0.244 e. The van der Waals surface area contributed by atoms with Gasteiger partial charge in [0.1, 0.15) is 12.3 Å². The molecular weight excluding hydrogens is 328 g/mol. The third kappa shape index (κ3) is 3.90. The van der Waals surface area contributed by atoms with E-state index in [0.29, 0.717) is 0 Å². The molecule has 0 aliphatic carbocycles.